The molecule has 0 saturated carbocycles. The van der Waals surface area contributed by atoms with E-state index in [0.29, 0.717) is 5.69 Å². The molecule has 5 rings (SSSR count). The van der Waals surface area contributed by atoms with E-state index >= 15 is 0 Å². The van der Waals surface area contributed by atoms with Crippen molar-refractivity contribution in [2.45, 2.75) is 25.7 Å². The third-order valence-electron chi connectivity index (χ3n) is 4.59. The van der Waals surface area contributed by atoms with Gasteiger partial charge in [-0.3, -0.25) is 10.4 Å². The van der Waals surface area contributed by atoms with Gasteiger partial charge in [-0.25, -0.2) is 15.0 Å². The van der Waals surface area contributed by atoms with Crippen molar-refractivity contribution in [3.05, 3.63) is 52.9 Å². The number of anilines is 1. The maximum Gasteiger partial charge on any atom is 0.158 e. The molecule has 128 valence electrons. The predicted molar refractivity (Wildman–Crippen MR) is 105 cm³/mol. The number of benzene rings is 1. The lowest BCUT2D eigenvalue weighted by Crippen LogP contribution is -2.01. The minimum absolute atomic E-state index is 0.703. The van der Waals surface area contributed by atoms with Crippen molar-refractivity contribution in [3.8, 4) is 0 Å². The SMILES string of the molecule is C(=NNc1ncnc2sc3c(c12)CCCC3)c1cnc2ccccc2n1. The Bertz CT molecular complexity index is 1130. The molecule has 0 atom stereocenters. The first-order chi connectivity index (χ1) is 12.9. The van der Waals surface area contributed by atoms with Crippen LogP contribution in [0.3, 0.4) is 0 Å². The Hall–Kier alpha value is -2.93. The number of nitrogens with zero attached hydrogens (tertiary/aromatic N) is 5. The summed E-state index contributed by atoms with van der Waals surface area (Å²) in [5.41, 5.74) is 6.90. The second kappa shape index (κ2) is 6.42. The molecule has 4 aromatic rings. The molecule has 1 aliphatic rings. The molecule has 0 amide bonds. The summed E-state index contributed by atoms with van der Waals surface area (Å²) in [5.74, 6) is 0.763. The van der Waals surface area contributed by atoms with Gasteiger partial charge in [0.2, 0.25) is 0 Å². The Morgan fingerprint density at radius 2 is 1.92 bits per heavy atom. The van der Waals surface area contributed by atoms with Crippen LogP contribution in [-0.2, 0) is 12.8 Å². The molecule has 0 saturated heterocycles. The highest BCUT2D eigenvalue weighted by molar-refractivity contribution is 7.19. The number of nitrogens with one attached hydrogen (secondary N) is 1. The van der Waals surface area contributed by atoms with Gasteiger partial charge in [0.25, 0.3) is 0 Å². The number of hydrazone groups is 1. The summed E-state index contributed by atoms with van der Waals surface area (Å²) in [6.45, 7) is 0. The van der Waals surface area contributed by atoms with E-state index in [1.165, 1.54) is 23.3 Å². The highest BCUT2D eigenvalue weighted by atomic mass is 32.1. The standard InChI is InChI=1S/C19H16N6S/c1-4-8-16-13(5-1)17-18(21-11-22-19(17)26-16)25-23-10-12-9-20-14-6-2-3-7-15(14)24-12/h2-3,6-7,9-11H,1,4-5,8H2,(H,21,22,25). The van der Waals surface area contributed by atoms with Crippen molar-refractivity contribution >= 4 is 44.6 Å². The van der Waals surface area contributed by atoms with E-state index in [1.807, 2.05) is 24.3 Å². The topological polar surface area (TPSA) is 76.0 Å². The van der Waals surface area contributed by atoms with E-state index in [4.69, 9.17) is 0 Å². The molecule has 0 radical (unpaired) electrons. The highest BCUT2D eigenvalue weighted by Gasteiger charge is 2.19. The number of rotatable bonds is 3. The van der Waals surface area contributed by atoms with Gasteiger partial charge < -0.3 is 0 Å². The van der Waals surface area contributed by atoms with Crippen LogP contribution in [-0.4, -0.2) is 26.2 Å². The van der Waals surface area contributed by atoms with E-state index in [1.54, 1.807) is 30.1 Å². The second-order valence-electron chi connectivity index (χ2n) is 6.27. The van der Waals surface area contributed by atoms with Crippen molar-refractivity contribution in [1.82, 2.24) is 19.9 Å². The Labute approximate surface area is 154 Å². The Kier molecular flexibility index (Phi) is 3.79. The summed E-state index contributed by atoms with van der Waals surface area (Å²) >= 11 is 1.78. The third kappa shape index (κ3) is 2.70. The molecule has 1 N–H and O–H groups in total. The third-order valence-corrected chi connectivity index (χ3v) is 5.79. The van der Waals surface area contributed by atoms with Crippen LogP contribution < -0.4 is 5.43 Å². The van der Waals surface area contributed by atoms with Crippen LogP contribution in [0.4, 0.5) is 5.82 Å². The van der Waals surface area contributed by atoms with E-state index in [2.05, 4.69) is 30.5 Å². The van der Waals surface area contributed by atoms with Crippen molar-refractivity contribution in [3.63, 3.8) is 0 Å². The first-order valence-corrected chi connectivity index (χ1v) is 9.46. The van der Waals surface area contributed by atoms with Gasteiger partial charge in [0, 0.05) is 4.88 Å². The highest BCUT2D eigenvalue weighted by Crippen LogP contribution is 2.38. The van der Waals surface area contributed by atoms with Crippen molar-refractivity contribution in [1.29, 1.82) is 0 Å². The Balaban J connectivity index is 1.45. The zero-order valence-corrected chi connectivity index (χ0v) is 14.8. The smallest absolute Gasteiger partial charge is 0.158 e. The number of fused-ring (bicyclic) bond motifs is 4. The average molecular weight is 360 g/mol. The maximum atomic E-state index is 4.55. The summed E-state index contributed by atoms with van der Waals surface area (Å²) in [7, 11) is 0. The fourth-order valence-corrected chi connectivity index (χ4v) is 4.60. The van der Waals surface area contributed by atoms with Gasteiger partial charge in [-0.1, -0.05) is 12.1 Å². The number of aryl methyl sites for hydroxylation is 2. The summed E-state index contributed by atoms with van der Waals surface area (Å²) < 4.78 is 0. The lowest BCUT2D eigenvalue weighted by molar-refractivity contribution is 0.700. The number of hydrogen-bond donors (Lipinski definition) is 1. The molecule has 26 heavy (non-hydrogen) atoms. The molecule has 0 spiro atoms. The minimum Gasteiger partial charge on any atom is -0.261 e. The molecule has 0 aliphatic heterocycles. The number of aromatic nitrogens is 4. The van der Waals surface area contributed by atoms with E-state index < -0.39 is 0 Å². The van der Waals surface area contributed by atoms with Gasteiger partial charge in [0.05, 0.1) is 28.8 Å². The number of para-hydroxylation sites is 2. The molecule has 3 aromatic heterocycles. The maximum absolute atomic E-state index is 4.55. The zero-order valence-electron chi connectivity index (χ0n) is 14.0. The van der Waals surface area contributed by atoms with Crippen LogP contribution in [0.5, 0.6) is 0 Å². The van der Waals surface area contributed by atoms with Crippen LogP contribution in [0, 0.1) is 0 Å². The molecule has 0 unspecified atom stereocenters. The summed E-state index contributed by atoms with van der Waals surface area (Å²) in [4.78, 5) is 20.3. The van der Waals surface area contributed by atoms with Crippen molar-refractivity contribution < 1.29 is 0 Å². The molecular formula is C19H16N6S. The quantitative estimate of drug-likeness (QED) is 0.442. The summed E-state index contributed by atoms with van der Waals surface area (Å²) in [6.07, 6.45) is 9.71. The van der Waals surface area contributed by atoms with Gasteiger partial charge in [-0.15, -0.1) is 11.3 Å². The van der Waals surface area contributed by atoms with Gasteiger partial charge in [-0.05, 0) is 43.4 Å². The lowest BCUT2D eigenvalue weighted by atomic mass is 9.97. The fourth-order valence-electron chi connectivity index (χ4n) is 3.37. The molecule has 1 aromatic carbocycles. The van der Waals surface area contributed by atoms with Crippen LogP contribution in [0.2, 0.25) is 0 Å². The molecule has 1 aliphatic carbocycles. The number of hydrogen-bond acceptors (Lipinski definition) is 7. The first-order valence-electron chi connectivity index (χ1n) is 8.64. The van der Waals surface area contributed by atoms with Gasteiger partial charge in [-0.2, -0.15) is 5.10 Å². The molecule has 0 fully saturated rings. The normalized spacial score (nSPS) is 14.2. The predicted octanol–water partition coefficient (Wildman–Crippen LogP) is 3.96. The van der Waals surface area contributed by atoms with Crippen LogP contribution in [0.25, 0.3) is 21.3 Å². The first kappa shape index (κ1) is 15.3. The van der Waals surface area contributed by atoms with Gasteiger partial charge >= 0.3 is 0 Å². The largest absolute Gasteiger partial charge is 0.261 e. The molecular weight excluding hydrogens is 344 g/mol. The van der Waals surface area contributed by atoms with E-state index in [9.17, 15) is 0 Å². The van der Waals surface area contributed by atoms with Crippen LogP contribution >= 0.6 is 11.3 Å². The van der Waals surface area contributed by atoms with Crippen LogP contribution in [0.15, 0.2) is 41.9 Å². The summed E-state index contributed by atoms with van der Waals surface area (Å²) in [6, 6.07) is 7.79. The monoisotopic (exact) mass is 360 g/mol. The Morgan fingerprint density at radius 3 is 2.88 bits per heavy atom. The van der Waals surface area contributed by atoms with Crippen LogP contribution in [0.1, 0.15) is 29.0 Å². The molecule has 6 nitrogen and oxygen atoms in total. The summed E-state index contributed by atoms with van der Waals surface area (Å²) in [5, 5.41) is 5.45. The van der Waals surface area contributed by atoms with E-state index in [-0.39, 0.29) is 0 Å². The zero-order chi connectivity index (χ0) is 17.3. The Morgan fingerprint density at radius 1 is 1.04 bits per heavy atom. The minimum atomic E-state index is 0.703. The molecule has 3 heterocycles. The second-order valence-corrected chi connectivity index (χ2v) is 7.35. The van der Waals surface area contributed by atoms with E-state index in [0.717, 1.165) is 39.9 Å². The molecule has 7 heteroatoms. The number of thiophene rings is 1. The van der Waals surface area contributed by atoms with Crippen molar-refractivity contribution in [2.75, 3.05) is 5.43 Å². The lowest BCUT2D eigenvalue weighted by Gasteiger charge is -2.11. The average Bonchev–Trinajstić information content (AvgIpc) is 3.07. The van der Waals surface area contributed by atoms with Gasteiger partial charge in [0.15, 0.2) is 5.82 Å². The van der Waals surface area contributed by atoms with Gasteiger partial charge in [0.1, 0.15) is 16.9 Å². The molecule has 0 bridgehead atoms. The fraction of sp³-hybridized carbons (Fsp3) is 0.211. The van der Waals surface area contributed by atoms with Crippen molar-refractivity contribution in [2.24, 2.45) is 5.10 Å².